The van der Waals surface area contributed by atoms with Gasteiger partial charge in [0.05, 0.1) is 0 Å². The Kier molecular flexibility index (Phi) is 27.6. The summed E-state index contributed by atoms with van der Waals surface area (Å²) < 4.78 is 102. The second-order valence-electron chi connectivity index (χ2n) is 7.76. The van der Waals surface area contributed by atoms with Crippen molar-refractivity contribution >= 4 is 64.6 Å². The summed E-state index contributed by atoms with van der Waals surface area (Å²) in [4.78, 5) is 0. The molecule has 2 radical (unpaired) electrons. The van der Waals surface area contributed by atoms with Crippen LogP contribution in [-0.4, -0.2) is 193 Å². The molecule has 0 aliphatic heterocycles. The molecule has 268 valence electrons. The van der Waals surface area contributed by atoms with Crippen molar-refractivity contribution in [1.82, 2.24) is 0 Å². The van der Waals surface area contributed by atoms with Crippen LogP contribution in [0, 0.1) is 0 Å². The first kappa shape index (κ1) is 51.3. The van der Waals surface area contributed by atoms with Gasteiger partial charge in [0, 0.05) is 156 Å². The summed E-state index contributed by atoms with van der Waals surface area (Å²) in [5, 5.41) is 0. The molecule has 0 fully saturated rings. The normalized spacial score (nSPS) is 13.6. The van der Waals surface area contributed by atoms with Gasteiger partial charge in [-0.1, -0.05) is 0 Å². The van der Waals surface area contributed by atoms with Crippen molar-refractivity contribution in [1.29, 1.82) is 0 Å². The van der Waals surface area contributed by atoms with E-state index >= 15 is 0 Å². The van der Waals surface area contributed by atoms with Gasteiger partial charge in [0.1, 0.15) is 0 Å². The van der Waals surface area contributed by atoms with E-state index in [1.54, 1.807) is 0 Å². The third-order valence-corrected chi connectivity index (χ3v) is 75.1. The fourth-order valence-electron chi connectivity index (χ4n) is 4.46. The van der Waals surface area contributed by atoms with E-state index in [1.165, 1.54) is 128 Å². The van der Waals surface area contributed by atoms with Gasteiger partial charge in [-0.3, -0.25) is 0 Å². The minimum atomic E-state index is -3.27. The van der Waals surface area contributed by atoms with Crippen molar-refractivity contribution in [3.63, 3.8) is 0 Å². The van der Waals surface area contributed by atoms with Gasteiger partial charge in [0.25, 0.3) is 0 Å². The van der Waals surface area contributed by atoms with Gasteiger partial charge in [-0.05, 0) is 0 Å². The van der Waals surface area contributed by atoms with Gasteiger partial charge in [-0.2, -0.15) is 0 Å². The van der Waals surface area contributed by atoms with E-state index in [9.17, 15) is 0 Å². The largest absolute Gasteiger partial charge is 0.479 e. The number of hydrogen-bond acceptors (Lipinski definition) is 18. The van der Waals surface area contributed by atoms with Crippen LogP contribution in [0.25, 0.3) is 0 Å². The standard InChI is InChI=1S/2C9H27O9Si4.Hg/c2*1-10-20(11-2,12-3)19(21(13-4,14-5)15-6)22(16-7,17-8)18-9;/h2*1-9H3;. The van der Waals surface area contributed by atoms with Crippen LogP contribution in [0.15, 0.2) is 0 Å². The zero-order valence-electron chi connectivity index (χ0n) is 30.1. The smallest absolute Gasteiger partial charge is 0.380 e. The second-order valence-corrected chi connectivity index (χ2v) is 52.3. The average Bonchev–Trinajstić information content (AvgIpc) is 3.10. The fourth-order valence-corrected chi connectivity index (χ4v) is 84.5. The Morgan fingerprint density at radius 1 is 0.200 bits per heavy atom. The topological polar surface area (TPSA) is 166 Å². The number of rotatable bonds is 24. The summed E-state index contributed by atoms with van der Waals surface area (Å²) in [6.45, 7) is 0. The predicted molar refractivity (Wildman–Crippen MR) is 172 cm³/mol. The summed E-state index contributed by atoms with van der Waals surface area (Å²) >= 11 is 0. The molecule has 0 saturated heterocycles. The SMILES string of the molecule is CO[Si](OC)(OC)[Si]([Si](OC)(OC)OC)[Si](OC)(OC)OC.CO[Si](OC)(OC)[Si]([Si](OC)(OC)OC)[Si](OC)(OC)OC.[Hg]. The summed E-state index contributed by atoms with van der Waals surface area (Å²) in [5.41, 5.74) is 0. The van der Waals surface area contributed by atoms with Crippen LogP contribution in [0.4, 0.5) is 0 Å². The zero-order chi connectivity index (χ0) is 34.9. The maximum absolute atomic E-state index is 5.65. The van der Waals surface area contributed by atoms with Gasteiger partial charge in [-0.25, -0.2) is 0 Å². The molecule has 0 aromatic heterocycles. The quantitative estimate of drug-likeness (QED) is 0.105. The Bertz CT molecular complexity index is 541. The Hall–Kier alpha value is 1.95. The van der Waals surface area contributed by atoms with Crippen LogP contribution >= 0.6 is 0 Å². The first-order valence-electron chi connectivity index (χ1n) is 12.5. The molecule has 45 heavy (non-hydrogen) atoms. The van der Waals surface area contributed by atoms with Crippen LogP contribution in [0.3, 0.4) is 0 Å². The maximum Gasteiger partial charge on any atom is 0.479 e. The van der Waals surface area contributed by atoms with Crippen molar-refractivity contribution in [2.75, 3.05) is 128 Å². The van der Waals surface area contributed by atoms with Crippen molar-refractivity contribution in [3.05, 3.63) is 0 Å². The predicted octanol–water partition coefficient (Wildman–Crippen LogP) is -1.30. The van der Waals surface area contributed by atoms with E-state index in [-0.39, 0.29) is 27.7 Å². The molecule has 0 heterocycles. The molecular formula is C18H54HgO18Si8. The van der Waals surface area contributed by atoms with Crippen molar-refractivity contribution < 1.29 is 107 Å². The number of hydrogen-bond donors (Lipinski definition) is 0. The molecule has 0 aliphatic carbocycles. The molecule has 0 aromatic rings. The molecule has 0 rings (SSSR count). The average molecular weight is 984 g/mol. The molecule has 0 aromatic carbocycles. The van der Waals surface area contributed by atoms with Crippen molar-refractivity contribution in [2.45, 2.75) is 0 Å². The molecule has 0 bridgehead atoms. The van der Waals surface area contributed by atoms with Crippen LogP contribution in [0.5, 0.6) is 0 Å². The van der Waals surface area contributed by atoms with Crippen LogP contribution in [0.2, 0.25) is 0 Å². The summed E-state index contributed by atoms with van der Waals surface area (Å²) in [6, 6.07) is 0. The molecule has 27 heteroatoms. The monoisotopic (exact) mass is 984 g/mol. The first-order valence-corrected chi connectivity index (χ1v) is 31.9. The molecule has 0 amide bonds. The molecule has 0 unspecified atom stereocenters. The third kappa shape index (κ3) is 10.5. The van der Waals surface area contributed by atoms with E-state index < -0.39 is 64.6 Å². The van der Waals surface area contributed by atoms with E-state index in [4.69, 9.17) is 79.7 Å². The van der Waals surface area contributed by atoms with E-state index in [1.807, 2.05) is 0 Å². The Balaban J connectivity index is -0.000000767. The molecular weight excluding hydrogens is 929 g/mol. The second kappa shape index (κ2) is 24.2. The molecule has 0 atom stereocenters. The van der Waals surface area contributed by atoms with Gasteiger partial charge in [-0.15, -0.1) is 0 Å². The fraction of sp³-hybridized carbons (Fsp3) is 1.00. The van der Waals surface area contributed by atoms with E-state index in [0.29, 0.717) is 0 Å². The summed E-state index contributed by atoms with van der Waals surface area (Å²) in [7, 11) is 3.31. The minimum absolute atomic E-state index is 0. The Morgan fingerprint density at radius 3 is 0.311 bits per heavy atom. The van der Waals surface area contributed by atoms with E-state index in [2.05, 4.69) is 0 Å². The zero-order valence-corrected chi connectivity index (χ0v) is 43.6. The molecule has 0 spiro atoms. The van der Waals surface area contributed by atoms with Crippen molar-refractivity contribution in [2.24, 2.45) is 0 Å². The molecule has 0 aliphatic rings. The molecule has 0 N–H and O–H groups in total. The Labute approximate surface area is 298 Å². The van der Waals surface area contributed by atoms with Gasteiger partial charge >= 0.3 is 64.6 Å². The van der Waals surface area contributed by atoms with Gasteiger partial charge in [0.15, 0.2) is 0 Å². The third-order valence-electron chi connectivity index (χ3n) is 6.67. The Morgan fingerprint density at radius 2 is 0.267 bits per heavy atom. The summed E-state index contributed by atoms with van der Waals surface area (Å²) in [5.74, 6) is 0. The molecule has 0 saturated carbocycles. The van der Waals surface area contributed by atoms with Crippen LogP contribution < -0.4 is 0 Å². The minimum Gasteiger partial charge on any atom is -0.380 e. The van der Waals surface area contributed by atoms with Crippen LogP contribution in [-0.2, 0) is 107 Å². The van der Waals surface area contributed by atoms with E-state index in [0.717, 1.165) is 0 Å². The van der Waals surface area contributed by atoms with Gasteiger partial charge in [0.2, 0.25) is 0 Å². The van der Waals surface area contributed by atoms with Crippen molar-refractivity contribution in [3.8, 4) is 0 Å². The summed E-state index contributed by atoms with van der Waals surface area (Å²) in [6.07, 6.45) is 0. The molecule has 18 nitrogen and oxygen atoms in total. The first-order chi connectivity index (χ1) is 20.8. The van der Waals surface area contributed by atoms with Gasteiger partial charge < -0.3 is 79.7 Å². The maximum atomic E-state index is 5.65. The van der Waals surface area contributed by atoms with Crippen LogP contribution in [0.1, 0.15) is 0 Å².